The zero-order chi connectivity index (χ0) is 20.6. The molecule has 0 bridgehead atoms. The average Bonchev–Trinajstić information content (AvgIpc) is 2.53. The molecule has 0 amide bonds. The van der Waals surface area contributed by atoms with E-state index in [9.17, 15) is 4.57 Å². The van der Waals surface area contributed by atoms with Crippen LogP contribution in [0.1, 0.15) is 86.1 Å². The number of unbranched alkanes of at least 4 members (excludes halogenated alkanes) is 2. The Hall–Kier alpha value is -0.830. The molecule has 1 rings (SSSR count). The van der Waals surface area contributed by atoms with Crippen molar-refractivity contribution >= 4 is 7.82 Å². The first kappa shape index (κ1) is 24.2. The minimum atomic E-state index is -3.59. The van der Waals surface area contributed by atoms with E-state index in [2.05, 4.69) is 48.5 Å². The molecule has 27 heavy (non-hydrogen) atoms. The average molecular weight is 399 g/mol. The lowest BCUT2D eigenvalue weighted by atomic mass is 9.72. The largest absolute Gasteiger partial charge is 0.530 e. The van der Waals surface area contributed by atoms with Crippen LogP contribution in [0.4, 0.5) is 0 Å². The highest BCUT2D eigenvalue weighted by atomic mass is 31.2. The fraction of sp³-hybridized carbons (Fsp3) is 0.727. The van der Waals surface area contributed by atoms with Crippen molar-refractivity contribution in [3.8, 4) is 5.75 Å². The Morgan fingerprint density at radius 1 is 0.852 bits per heavy atom. The summed E-state index contributed by atoms with van der Waals surface area (Å²) in [6.07, 6.45) is 4.65. The van der Waals surface area contributed by atoms with Crippen LogP contribution in [0.2, 0.25) is 0 Å². The summed E-state index contributed by atoms with van der Waals surface area (Å²) in [4.78, 5) is 0. The second-order valence-corrected chi connectivity index (χ2v) is 10.7. The third-order valence-corrected chi connectivity index (χ3v) is 5.75. The molecule has 1 aromatic carbocycles. The van der Waals surface area contributed by atoms with Crippen molar-refractivity contribution in [2.45, 2.75) is 86.0 Å². The van der Waals surface area contributed by atoms with Gasteiger partial charge in [-0.2, -0.15) is 0 Å². The lowest BCUT2D eigenvalue weighted by Gasteiger charge is -2.33. The Balaban J connectivity index is 2.85. The molecular weight excluding hydrogens is 359 g/mol. The molecule has 0 aliphatic heterocycles. The molecule has 0 unspecified atom stereocenters. The molecule has 5 heteroatoms. The molecule has 4 nitrogen and oxygen atoms in total. The summed E-state index contributed by atoms with van der Waals surface area (Å²) in [5.41, 5.74) is 1.53. The molecule has 0 saturated heterocycles. The Morgan fingerprint density at radius 3 is 1.74 bits per heavy atom. The third kappa shape index (κ3) is 9.27. The van der Waals surface area contributed by atoms with Crippen molar-refractivity contribution in [1.29, 1.82) is 0 Å². The summed E-state index contributed by atoms with van der Waals surface area (Å²) in [5.74, 6) is 0.515. The van der Waals surface area contributed by atoms with Gasteiger partial charge in [0.05, 0.1) is 13.2 Å². The maximum absolute atomic E-state index is 12.9. The molecule has 0 aliphatic rings. The second kappa shape index (κ2) is 10.6. The maximum Gasteiger partial charge on any atom is 0.530 e. The quantitative estimate of drug-likeness (QED) is 0.270. The van der Waals surface area contributed by atoms with Crippen molar-refractivity contribution in [2.24, 2.45) is 5.41 Å². The van der Waals surface area contributed by atoms with E-state index in [1.807, 2.05) is 24.3 Å². The first-order chi connectivity index (χ1) is 12.5. The van der Waals surface area contributed by atoms with Crippen LogP contribution in [0.25, 0.3) is 0 Å². The Kier molecular flexibility index (Phi) is 9.54. The molecule has 1 aromatic rings. The fourth-order valence-electron chi connectivity index (χ4n) is 3.26. The minimum Gasteiger partial charge on any atom is -0.404 e. The molecule has 0 saturated carbocycles. The number of phosphoric acid groups is 1. The molecule has 0 N–H and O–H groups in total. The highest BCUT2D eigenvalue weighted by molar-refractivity contribution is 7.48. The number of phosphoric ester groups is 1. The van der Waals surface area contributed by atoms with Gasteiger partial charge in [-0.3, -0.25) is 9.05 Å². The van der Waals surface area contributed by atoms with Crippen molar-refractivity contribution < 1.29 is 18.1 Å². The number of rotatable bonds is 12. The molecular formula is C22H39O4P. The second-order valence-electron chi connectivity index (χ2n) is 9.06. The summed E-state index contributed by atoms with van der Waals surface area (Å²) in [5, 5.41) is 0. The minimum absolute atomic E-state index is 0.0513. The summed E-state index contributed by atoms with van der Waals surface area (Å²) in [6, 6.07) is 7.81. The van der Waals surface area contributed by atoms with Crippen LogP contribution in [0.5, 0.6) is 5.75 Å². The highest BCUT2D eigenvalue weighted by Gasteiger charge is 2.30. The van der Waals surface area contributed by atoms with Crippen LogP contribution < -0.4 is 4.52 Å². The number of benzene rings is 1. The van der Waals surface area contributed by atoms with Crippen LogP contribution in [-0.2, 0) is 19.0 Å². The molecule has 0 spiro atoms. The van der Waals surface area contributed by atoms with Gasteiger partial charge >= 0.3 is 7.82 Å². The zero-order valence-corrected chi connectivity index (χ0v) is 19.2. The highest BCUT2D eigenvalue weighted by Crippen LogP contribution is 2.50. The lowest BCUT2D eigenvalue weighted by Crippen LogP contribution is -2.24. The first-order valence-electron chi connectivity index (χ1n) is 10.2. The molecule has 156 valence electrons. The summed E-state index contributed by atoms with van der Waals surface area (Å²) in [6.45, 7) is 16.1. The van der Waals surface area contributed by atoms with Gasteiger partial charge in [0.25, 0.3) is 0 Å². The van der Waals surface area contributed by atoms with E-state index >= 15 is 0 Å². The van der Waals surface area contributed by atoms with Crippen LogP contribution >= 0.6 is 7.82 Å². The van der Waals surface area contributed by atoms with Gasteiger partial charge < -0.3 is 4.52 Å². The predicted octanol–water partition coefficient (Wildman–Crippen LogP) is 7.52. The molecule has 0 aromatic heterocycles. The van der Waals surface area contributed by atoms with E-state index in [1.54, 1.807) is 0 Å². The van der Waals surface area contributed by atoms with E-state index in [1.165, 1.54) is 5.56 Å². The van der Waals surface area contributed by atoms with Gasteiger partial charge in [0.1, 0.15) is 5.75 Å². The zero-order valence-electron chi connectivity index (χ0n) is 18.3. The number of hydrogen-bond acceptors (Lipinski definition) is 4. The molecule has 0 radical (unpaired) electrons. The lowest BCUT2D eigenvalue weighted by molar-refractivity contribution is 0.152. The van der Waals surface area contributed by atoms with Gasteiger partial charge in [0, 0.05) is 0 Å². The van der Waals surface area contributed by atoms with E-state index in [-0.39, 0.29) is 10.8 Å². The topological polar surface area (TPSA) is 44.8 Å². The van der Waals surface area contributed by atoms with Gasteiger partial charge in [-0.15, -0.1) is 0 Å². The Labute approximate surface area is 166 Å². The van der Waals surface area contributed by atoms with Gasteiger partial charge in [0.15, 0.2) is 0 Å². The smallest absolute Gasteiger partial charge is 0.404 e. The van der Waals surface area contributed by atoms with Gasteiger partial charge in [-0.05, 0) is 47.8 Å². The van der Waals surface area contributed by atoms with Crippen LogP contribution in [0.3, 0.4) is 0 Å². The van der Waals surface area contributed by atoms with Crippen molar-refractivity contribution in [3.05, 3.63) is 29.8 Å². The van der Waals surface area contributed by atoms with Crippen LogP contribution in [-0.4, -0.2) is 13.2 Å². The summed E-state index contributed by atoms with van der Waals surface area (Å²) < 4.78 is 29.6. The standard InChI is InChI=1S/C22H39O4P/c1-8-10-16-24-27(23,25-17-11-9-2)26-20-14-12-19(13-15-20)22(6,7)18-21(3,4)5/h12-15H,8-11,16-18H2,1-7H3. The number of hydrogen-bond donors (Lipinski definition) is 0. The SMILES string of the molecule is CCCCOP(=O)(OCCCC)Oc1ccc(C(C)(C)CC(C)(C)C)cc1. The van der Waals surface area contributed by atoms with Crippen molar-refractivity contribution in [1.82, 2.24) is 0 Å². The Morgan fingerprint density at radius 2 is 1.33 bits per heavy atom. The predicted molar refractivity (Wildman–Crippen MR) is 113 cm³/mol. The summed E-state index contributed by atoms with van der Waals surface area (Å²) >= 11 is 0. The molecule has 0 heterocycles. The Bertz CT molecular complexity index is 573. The van der Waals surface area contributed by atoms with E-state index < -0.39 is 7.82 Å². The monoisotopic (exact) mass is 398 g/mol. The normalized spacial score (nSPS) is 13.0. The van der Waals surface area contributed by atoms with E-state index in [0.29, 0.717) is 19.0 Å². The fourth-order valence-corrected chi connectivity index (χ4v) is 4.52. The van der Waals surface area contributed by atoms with Crippen LogP contribution in [0.15, 0.2) is 24.3 Å². The van der Waals surface area contributed by atoms with Gasteiger partial charge in [0.2, 0.25) is 0 Å². The van der Waals surface area contributed by atoms with Crippen molar-refractivity contribution in [3.63, 3.8) is 0 Å². The van der Waals surface area contributed by atoms with Gasteiger partial charge in [-0.25, -0.2) is 4.57 Å². The molecule has 0 aliphatic carbocycles. The van der Waals surface area contributed by atoms with Crippen LogP contribution in [0, 0.1) is 5.41 Å². The van der Waals surface area contributed by atoms with E-state index in [0.717, 1.165) is 32.1 Å². The third-order valence-electron chi connectivity index (χ3n) is 4.32. The maximum atomic E-state index is 12.9. The first-order valence-corrected chi connectivity index (χ1v) is 11.7. The van der Waals surface area contributed by atoms with Gasteiger partial charge in [-0.1, -0.05) is 73.4 Å². The molecule has 0 atom stereocenters. The molecule has 0 fully saturated rings. The summed E-state index contributed by atoms with van der Waals surface area (Å²) in [7, 11) is -3.59. The van der Waals surface area contributed by atoms with E-state index in [4.69, 9.17) is 13.6 Å². The van der Waals surface area contributed by atoms with Crippen molar-refractivity contribution in [2.75, 3.05) is 13.2 Å².